The van der Waals surface area contributed by atoms with Crippen molar-refractivity contribution in [2.45, 2.75) is 225 Å². The van der Waals surface area contributed by atoms with Crippen LogP contribution in [0.25, 0.3) is 10.1 Å². The van der Waals surface area contributed by atoms with Gasteiger partial charge in [0.25, 0.3) is 6.71 Å². The number of thiophene rings is 1. The van der Waals surface area contributed by atoms with Gasteiger partial charge in [0.1, 0.15) is 0 Å². The average molecular weight is 1120 g/mol. The highest BCUT2D eigenvalue weighted by atomic mass is 32.1. The van der Waals surface area contributed by atoms with Gasteiger partial charge in [0.15, 0.2) is 0 Å². The zero-order chi connectivity index (χ0) is 59.2. The lowest BCUT2D eigenvalue weighted by molar-refractivity contribution is 0.332. The fourth-order valence-electron chi connectivity index (χ4n) is 17.6. The lowest BCUT2D eigenvalue weighted by atomic mass is 9.35. The molecular formula is C79H90BN3S. The molecule has 7 aromatic carbocycles. The maximum Gasteiger partial charge on any atom is 0.264 e. The van der Waals surface area contributed by atoms with Crippen molar-refractivity contribution in [2.75, 3.05) is 14.7 Å². The first kappa shape index (κ1) is 54.6. The van der Waals surface area contributed by atoms with E-state index < -0.39 is 0 Å². The number of hydrogen-bond donors (Lipinski definition) is 0. The summed E-state index contributed by atoms with van der Waals surface area (Å²) in [6.45, 7) is 44.9. The predicted molar refractivity (Wildman–Crippen MR) is 364 cm³/mol. The molecule has 0 saturated carbocycles. The standard InChI is InChI=1S/C79H90BN3S/c1-71(2)31-33-73(5,6)55-39-47(27-29-51(55)71)81-64-45-59-58(76(11,12)36-37-77(59,13)14)44-61(64)80-68-65(81)41-49(82-62-25-21-19-23-53(62)79(17,18)54-24-20-22-26-63(54)82)42-66(68)83(48-28-30-52-56(40-48)74(7,8)34-32-72(52,3)4)69-50-43-57-60(46-67(50)84-70(69)80)78(15,16)38-35-75(57,9)10/h19-30,39-46H,31-38H2,1-18H3. The molecule has 0 amide bonds. The molecule has 7 aliphatic rings. The number of anilines is 9. The van der Waals surface area contributed by atoms with Crippen LogP contribution in [0, 0.1) is 0 Å². The van der Waals surface area contributed by atoms with Gasteiger partial charge in [0.05, 0.1) is 22.7 Å². The molecule has 4 aliphatic carbocycles. The van der Waals surface area contributed by atoms with Crippen molar-refractivity contribution in [3.05, 3.63) is 177 Å². The zero-order valence-corrected chi connectivity index (χ0v) is 54.8. The van der Waals surface area contributed by atoms with E-state index in [-0.39, 0.29) is 55.4 Å². The number of fused-ring (bicyclic) bond motifs is 12. The van der Waals surface area contributed by atoms with Crippen molar-refractivity contribution in [3.8, 4) is 0 Å². The minimum absolute atomic E-state index is 0.00827. The highest BCUT2D eigenvalue weighted by molar-refractivity contribution is 7.33. The molecule has 0 N–H and O–H groups in total. The number of benzene rings is 7. The minimum atomic E-state index is -0.201. The van der Waals surface area contributed by atoms with E-state index in [0.717, 1.165) is 19.3 Å². The van der Waals surface area contributed by atoms with Crippen LogP contribution in [-0.4, -0.2) is 6.71 Å². The molecule has 3 nitrogen and oxygen atoms in total. The molecule has 1 aromatic heterocycles. The van der Waals surface area contributed by atoms with Crippen molar-refractivity contribution in [1.82, 2.24) is 0 Å². The summed E-state index contributed by atoms with van der Waals surface area (Å²) in [5, 5.41) is 1.40. The van der Waals surface area contributed by atoms with Crippen LogP contribution in [0.1, 0.15) is 232 Å². The second-order valence-corrected chi connectivity index (χ2v) is 34.3. The van der Waals surface area contributed by atoms with Crippen molar-refractivity contribution < 1.29 is 0 Å². The molecule has 0 fully saturated rings. The van der Waals surface area contributed by atoms with Gasteiger partial charge in [-0.2, -0.15) is 0 Å². The van der Waals surface area contributed by atoms with Crippen molar-refractivity contribution in [3.63, 3.8) is 0 Å². The smallest absolute Gasteiger partial charge is 0.264 e. The molecule has 3 aliphatic heterocycles. The second kappa shape index (κ2) is 17.1. The topological polar surface area (TPSA) is 9.72 Å². The van der Waals surface area contributed by atoms with Gasteiger partial charge >= 0.3 is 0 Å². The van der Waals surface area contributed by atoms with Crippen molar-refractivity contribution >= 4 is 95.0 Å². The number of rotatable bonds is 3. The number of nitrogens with zero attached hydrogens (tertiary/aromatic N) is 3. The quantitative estimate of drug-likeness (QED) is 0.163. The Balaban J connectivity index is 1.13. The summed E-state index contributed by atoms with van der Waals surface area (Å²) >= 11 is 2.10. The minimum Gasteiger partial charge on any atom is -0.311 e. The Bertz CT molecular complexity index is 4120. The number of hydrogen-bond acceptors (Lipinski definition) is 4. The lowest BCUT2D eigenvalue weighted by Crippen LogP contribution is -2.61. The van der Waals surface area contributed by atoms with E-state index in [1.165, 1.54) is 165 Å². The van der Waals surface area contributed by atoms with Gasteiger partial charge in [-0.3, -0.25) is 0 Å². The zero-order valence-electron chi connectivity index (χ0n) is 54.0. The van der Waals surface area contributed by atoms with Crippen LogP contribution in [0.4, 0.5) is 51.2 Å². The third-order valence-electron chi connectivity index (χ3n) is 23.7. The summed E-state index contributed by atoms with van der Waals surface area (Å²) in [5.74, 6) is 0. The maximum absolute atomic E-state index is 2.82. The Kier molecular flexibility index (Phi) is 11.1. The van der Waals surface area contributed by atoms with Gasteiger partial charge in [-0.05, 0) is 228 Å². The molecule has 430 valence electrons. The van der Waals surface area contributed by atoms with Gasteiger partial charge in [-0.25, -0.2) is 0 Å². The fraction of sp³-hybridized carbons (Fsp3) is 0.443. The third-order valence-corrected chi connectivity index (χ3v) is 24.9. The lowest BCUT2D eigenvalue weighted by Gasteiger charge is -2.48. The van der Waals surface area contributed by atoms with Gasteiger partial charge in [-0.1, -0.05) is 179 Å². The van der Waals surface area contributed by atoms with Crippen LogP contribution in [0.2, 0.25) is 0 Å². The monoisotopic (exact) mass is 1120 g/mol. The second-order valence-electron chi connectivity index (χ2n) is 33.2. The largest absolute Gasteiger partial charge is 0.311 e. The molecule has 0 radical (unpaired) electrons. The normalized spacial score (nSPS) is 22.1. The molecular weight excluding hydrogens is 1030 g/mol. The summed E-state index contributed by atoms with van der Waals surface area (Å²) in [5.41, 5.74) is 29.3. The highest BCUT2D eigenvalue weighted by Crippen LogP contribution is 2.59. The molecule has 8 aromatic rings. The van der Waals surface area contributed by atoms with Crippen LogP contribution >= 0.6 is 11.3 Å². The Morgan fingerprint density at radius 2 is 0.702 bits per heavy atom. The molecule has 5 heteroatoms. The Morgan fingerprint density at radius 3 is 1.19 bits per heavy atom. The van der Waals surface area contributed by atoms with Crippen molar-refractivity contribution in [1.29, 1.82) is 0 Å². The van der Waals surface area contributed by atoms with E-state index in [0.29, 0.717) is 0 Å². The molecule has 15 rings (SSSR count). The van der Waals surface area contributed by atoms with E-state index in [9.17, 15) is 0 Å². The average Bonchev–Trinajstić information content (AvgIpc) is 1.25. The van der Waals surface area contributed by atoms with Crippen LogP contribution in [-0.2, 0) is 48.7 Å². The van der Waals surface area contributed by atoms with Gasteiger partial charge in [0.2, 0.25) is 0 Å². The molecule has 0 unspecified atom stereocenters. The highest BCUT2D eigenvalue weighted by Gasteiger charge is 2.51. The van der Waals surface area contributed by atoms with Gasteiger partial charge in [-0.15, -0.1) is 11.3 Å². The van der Waals surface area contributed by atoms with Crippen LogP contribution in [0.5, 0.6) is 0 Å². The third kappa shape index (κ3) is 7.54. The van der Waals surface area contributed by atoms with Gasteiger partial charge < -0.3 is 14.7 Å². The summed E-state index contributed by atoms with van der Waals surface area (Å²) < 4.78 is 2.88. The van der Waals surface area contributed by atoms with Crippen LogP contribution in [0.3, 0.4) is 0 Å². The van der Waals surface area contributed by atoms with Crippen molar-refractivity contribution in [2.24, 2.45) is 0 Å². The molecule has 0 atom stereocenters. The van der Waals surface area contributed by atoms with E-state index in [1.54, 1.807) is 0 Å². The van der Waals surface area contributed by atoms with E-state index >= 15 is 0 Å². The molecule has 4 heterocycles. The Labute approximate surface area is 508 Å². The maximum atomic E-state index is 2.82. The first-order valence-electron chi connectivity index (χ1n) is 32.2. The van der Waals surface area contributed by atoms with E-state index in [1.807, 2.05) is 0 Å². The predicted octanol–water partition coefficient (Wildman–Crippen LogP) is 20.5. The summed E-state index contributed by atoms with van der Waals surface area (Å²) in [4.78, 5) is 8.25. The van der Waals surface area contributed by atoms with Crippen LogP contribution in [0.15, 0.2) is 121 Å². The van der Waals surface area contributed by atoms with Gasteiger partial charge in [0, 0.05) is 48.7 Å². The van der Waals surface area contributed by atoms with E-state index in [4.69, 9.17) is 0 Å². The first-order valence-corrected chi connectivity index (χ1v) is 33.0. The SMILES string of the molecule is CC1(C)CCC(C)(C)c2cc(N3c4cc5c(cc4B4c6sc7cc8c(cc7c6N(c6ccc7c(c6)C(C)(C)CCC7(C)C)c6cc(N7c9ccccc9C(C)(C)c9ccccc97)cc3c64)C(C)(C)CCC8(C)C)C(C)(C)CCC5(C)C)ccc21. The molecule has 0 saturated heterocycles. The van der Waals surface area contributed by atoms with E-state index in [2.05, 4.69) is 272 Å². The first-order chi connectivity index (χ1) is 39.3. The summed E-state index contributed by atoms with van der Waals surface area (Å²) in [6.07, 6.45) is 9.39. The summed E-state index contributed by atoms with van der Waals surface area (Å²) in [6, 6.07) is 50.2. The van der Waals surface area contributed by atoms with Crippen LogP contribution < -0.4 is 30.4 Å². The molecule has 84 heavy (non-hydrogen) atoms. The Hall–Kier alpha value is -6.04. The summed E-state index contributed by atoms with van der Waals surface area (Å²) in [7, 11) is 0. The Morgan fingerprint density at radius 1 is 0.321 bits per heavy atom. The molecule has 0 spiro atoms. The fourth-order valence-corrected chi connectivity index (χ4v) is 19.0. The number of para-hydroxylation sites is 2. The molecule has 0 bridgehead atoms.